The van der Waals surface area contributed by atoms with Crippen molar-refractivity contribution < 1.29 is 19.4 Å². The first-order valence-corrected chi connectivity index (χ1v) is 5.40. The van der Waals surface area contributed by atoms with E-state index in [0.717, 1.165) is 5.56 Å². The molecule has 0 aliphatic heterocycles. The summed E-state index contributed by atoms with van der Waals surface area (Å²) in [6, 6.07) is 5.39. The number of aliphatic carboxylic acids is 1. The largest absolute Gasteiger partial charge is 0.496 e. The van der Waals surface area contributed by atoms with Crippen molar-refractivity contribution in [3.8, 4) is 5.75 Å². The van der Waals surface area contributed by atoms with Gasteiger partial charge in [-0.2, -0.15) is 0 Å². The van der Waals surface area contributed by atoms with Crippen LogP contribution >= 0.6 is 0 Å². The first kappa shape index (κ1) is 13.2. The van der Waals surface area contributed by atoms with Crippen LogP contribution in [0.2, 0.25) is 0 Å². The Morgan fingerprint density at radius 3 is 2.59 bits per heavy atom. The van der Waals surface area contributed by atoms with E-state index in [1.165, 1.54) is 7.11 Å². The summed E-state index contributed by atoms with van der Waals surface area (Å²) in [5.74, 6) is -0.202. The van der Waals surface area contributed by atoms with Crippen LogP contribution in [-0.4, -0.2) is 24.0 Å². The Bertz CT molecular complexity index is 423. The first-order chi connectivity index (χ1) is 8.02. The maximum atomic E-state index is 10.9. The van der Waals surface area contributed by atoms with Gasteiger partial charge in [0.15, 0.2) is 0 Å². The molecule has 0 amide bonds. The SMILES string of the molecule is COc1ccc(CCC(C)=O)cc1CC(=O)O. The van der Waals surface area contributed by atoms with Crippen molar-refractivity contribution in [2.45, 2.75) is 26.2 Å². The molecule has 92 valence electrons. The molecule has 0 aromatic heterocycles. The van der Waals surface area contributed by atoms with Crippen LogP contribution in [0.15, 0.2) is 18.2 Å². The molecule has 0 saturated heterocycles. The lowest BCUT2D eigenvalue weighted by Gasteiger charge is -2.08. The van der Waals surface area contributed by atoms with Crippen LogP contribution in [0.1, 0.15) is 24.5 Å². The standard InChI is InChI=1S/C13H16O4/c1-9(14)3-4-10-5-6-12(17-2)11(7-10)8-13(15)16/h5-7H,3-4,8H2,1-2H3,(H,15,16). The number of methoxy groups -OCH3 is 1. The smallest absolute Gasteiger partial charge is 0.307 e. The molecule has 1 N–H and O–H groups in total. The molecule has 0 unspecified atom stereocenters. The highest BCUT2D eigenvalue weighted by Crippen LogP contribution is 2.21. The average molecular weight is 236 g/mol. The van der Waals surface area contributed by atoms with E-state index in [1.807, 2.05) is 6.07 Å². The van der Waals surface area contributed by atoms with Gasteiger partial charge in [0.2, 0.25) is 0 Å². The third kappa shape index (κ3) is 4.26. The first-order valence-electron chi connectivity index (χ1n) is 5.40. The van der Waals surface area contributed by atoms with Crippen LogP contribution in [0.3, 0.4) is 0 Å². The number of hydrogen-bond donors (Lipinski definition) is 1. The fourth-order valence-electron chi connectivity index (χ4n) is 1.61. The second-order valence-electron chi connectivity index (χ2n) is 3.92. The minimum Gasteiger partial charge on any atom is -0.496 e. The number of hydrogen-bond acceptors (Lipinski definition) is 3. The topological polar surface area (TPSA) is 63.6 Å². The number of carboxylic acids is 1. The van der Waals surface area contributed by atoms with Gasteiger partial charge in [0.25, 0.3) is 0 Å². The van der Waals surface area contributed by atoms with Gasteiger partial charge >= 0.3 is 5.97 Å². The summed E-state index contributed by atoms with van der Waals surface area (Å²) in [6.07, 6.45) is 1.03. The maximum absolute atomic E-state index is 10.9. The molecule has 4 heteroatoms. The van der Waals surface area contributed by atoms with Crippen molar-refractivity contribution in [1.29, 1.82) is 0 Å². The molecule has 0 atom stereocenters. The van der Waals surface area contributed by atoms with Gasteiger partial charge in [-0.15, -0.1) is 0 Å². The van der Waals surface area contributed by atoms with Crippen molar-refractivity contribution in [2.24, 2.45) is 0 Å². The predicted molar refractivity (Wildman–Crippen MR) is 63.3 cm³/mol. The maximum Gasteiger partial charge on any atom is 0.307 e. The molecular weight excluding hydrogens is 220 g/mol. The summed E-state index contributed by atoms with van der Waals surface area (Å²) in [5, 5.41) is 8.79. The summed E-state index contributed by atoms with van der Waals surface area (Å²) in [6.45, 7) is 1.54. The summed E-state index contributed by atoms with van der Waals surface area (Å²) < 4.78 is 5.10. The number of Topliss-reactive ketones (excluding diaryl/α,β-unsaturated/α-hetero) is 1. The van der Waals surface area contributed by atoms with E-state index in [-0.39, 0.29) is 12.2 Å². The van der Waals surface area contributed by atoms with E-state index in [2.05, 4.69) is 0 Å². The highest BCUT2D eigenvalue weighted by atomic mass is 16.5. The van der Waals surface area contributed by atoms with Gasteiger partial charge in [0, 0.05) is 12.0 Å². The number of ketones is 1. The molecule has 0 bridgehead atoms. The molecule has 1 aromatic carbocycles. The lowest BCUT2D eigenvalue weighted by atomic mass is 10.0. The van der Waals surface area contributed by atoms with Crippen molar-refractivity contribution in [1.82, 2.24) is 0 Å². The summed E-state index contributed by atoms with van der Waals surface area (Å²) in [7, 11) is 1.51. The number of carboxylic acid groups (broad SMARTS) is 1. The van der Waals surface area contributed by atoms with Crippen molar-refractivity contribution >= 4 is 11.8 Å². The van der Waals surface area contributed by atoms with Gasteiger partial charge in [-0.1, -0.05) is 12.1 Å². The van der Waals surface area contributed by atoms with Crippen LogP contribution in [0.5, 0.6) is 5.75 Å². The number of rotatable bonds is 6. The Labute approximate surface area is 100 Å². The Kier molecular flexibility index (Phi) is 4.69. The van der Waals surface area contributed by atoms with Crippen molar-refractivity contribution in [3.05, 3.63) is 29.3 Å². The normalized spacial score (nSPS) is 10.0. The van der Waals surface area contributed by atoms with E-state index < -0.39 is 5.97 Å². The quantitative estimate of drug-likeness (QED) is 0.818. The van der Waals surface area contributed by atoms with Crippen molar-refractivity contribution in [2.75, 3.05) is 7.11 Å². The highest BCUT2D eigenvalue weighted by molar-refractivity contribution is 5.75. The molecule has 1 aromatic rings. The zero-order chi connectivity index (χ0) is 12.8. The van der Waals surface area contributed by atoms with E-state index in [9.17, 15) is 9.59 Å². The number of ether oxygens (including phenoxy) is 1. The van der Waals surface area contributed by atoms with Crippen LogP contribution in [0, 0.1) is 0 Å². The molecule has 17 heavy (non-hydrogen) atoms. The molecule has 0 aliphatic carbocycles. The van der Waals surface area contributed by atoms with Crippen molar-refractivity contribution in [3.63, 3.8) is 0 Å². The highest BCUT2D eigenvalue weighted by Gasteiger charge is 2.08. The van der Waals surface area contributed by atoms with Gasteiger partial charge in [-0.25, -0.2) is 0 Å². The molecule has 0 saturated carbocycles. The van der Waals surface area contributed by atoms with Gasteiger partial charge in [-0.3, -0.25) is 4.79 Å². The molecule has 0 aliphatic rings. The summed E-state index contributed by atoms with van der Waals surface area (Å²) in [5.41, 5.74) is 1.60. The minimum atomic E-state index is -0.896. The number of carbonyl (C=O) groups is 2. The molecule has 4 nitrogen and oxygen atoms in total. The Morgan fingerprint density at radius 1 is 1.35 bits per heavy atom. The van der Waals surface area contributed by atoms with Crippen LogP contribution in [0.25, 0.3) is 0 Å². The number of benzene rings is 1. The third-order valence-corrected chi connectivity index (χ3v) is 2.45. The van der Waals surface area contributed by atoms with Gasteiger partial charge in [0.1, 0.15) is 11.5 Å². The second kappa shape index (κ2) is 6.03. The van der Waals surface area contributed by atoms with E-state index >= 15 is 0 Å². The van der Waals surface area contributed by atoms with E-state index in [0.29, 0.717) is 24.2 Å². The lowest BCUT2D eigenvalue weighted by molar-refractivity contribution is -0.136. The van der Waals surface area contributed by atoms with Gasteiger partial charge < -0.3 is 14.6 Å². The number of aryl methyl sites for hydroxylation is 1. The Balaban J connectivity index is 2.87. The summed E-state index contributed by atoms with van der Waals surface area (Å²) >= 11 is 0. The third-order valence-electron chi connectivity index (χ3n) is 2.45. The van der Waals surface area contributed by atoms with Crippen LogP contribution < -0.4 is 4.74 Å². The fourth-order valence-corrected chi connectivity index (χ4v) is 1.61. The zero-order valence-electron chi connectivity index (χ0n) is 10.0. The fraction of sp³-hybridized carbons (Fsp3) is 0.385. The predicted octanol–water partition coefficient (Wildman–Crippen LogP) is 1.84. The molecule has 0 spiro atoms. The monoisotopic (exact) mass is 236 g/mol. The van der Waals surface area contributed by atoms with Crippen LogP contribution in [0.4, 0.5) is 0 Å². The molecule has 0 radical (unpaired) electrons. The zero-order valence-corrected chi connectivity index (χ0v) is 10.0. The molecule has 0 fully saturated rings. The van der Waals surface area contributed by atoms with E-state index in [4.69, 9.17) is 9.84 Å². The molecular formula is C13H16O4. The Hall–Kier alpha value is -1.84. The van der Waals surface area contributed by atoms with Gasteiger partial charge in [-0.05, 0) is 25.0 Å². The lowest BCUT2D eigenvalue weighted by Crippen LogP contribution is -2.03. The van der Waals surface area contributed by atoms with E-state index in [1.54, 1.807) is 19.1 Å². The van der Waals surface area contributed by atoms with Gasteiger partial charge in [0.05, 0.1) is 13.5 Å². The molecule has 0 heterocycles. The number of carbonyl (C=O) groups excluding carboxylic acids is 1. The summed E-state index contributed by atoms with van der Waals surface area (Å²) in [4.78, 5) is 21.6. The van der Waals surface area contributed by atoms with Crippen LogP contribution in [-0.2, 0) is 22.4 Å². The minimum absolute atomic E-state index is 0.0723. The second-order valence-corrected chi connectivity index (χ2v) is 3.92. The Morgan fingerprint density at radius 2 is 2.06 bits per heavy atom. The average Bonchev–Trinajstić information content (AvgIpc) is 2.25. The molecule has 1 rings (SSSR count).